The lowest BCUT2D eigenvalue weighted by Gasteiger charge is -2.09. The topological polar surface area (TPSA) is 101 Å². The molecule has 7 heteroatoms. The molecule has 0 aliphatic heterocycles. The molecule has 0 spiro atoms. The summed E-state index contributed by atoms with van der Waals surface area (Å²) in [4.78, 5) is 35.0. The van der Waals surface area contributed by atoms with Gasteiger partial charge in [-0.2, -0.15) is 5.10 Å². The molecule has 0 saturated heterocycles. The zero-order chi connectivity index (χ0) is 15.4. The zero-order valence-electron chi connectivity index (χ0n) is 11.7. The van der Waals surface area contributed by atoms with Gasteiger partial charge in [-0.25, -0.2) is 9.89 Å². The Morgan fingerprint density at radius 2 is 1.95 bits per heavy atom. The normalized spacial score (nSPS) is 10.6. The average Bonchev–Trinajstić information content (AvgIpc) is 2.45. The monoisotopic (exact) mass is 289 g/mol. The van der Waals surface area contributed by atoms with Gasteiger partial charge in [0.15, 0.2) is 12.3 Å². The molecular weight excluding hydrogens is 274 g/mol. The quantitative estimate of drug-likeness (QED) is 0.803. The number of aromatic nitrogens is 2. The number of esters is 1. The molecule has 0 atom stereocenters. The van der Waals surface area contributed by atoms with Gasteiger partial charge in [-0.1, -0.05) is 18.2 Å². The third-order valence-electron chi connectivity index (χ3n) is 2.67. The largest absolute Gasteiger partial charge is 0.451 e. The average molecular weight is 289 g/mol. The lowest BCUT2D eigenvalue weighted by Crippen LogP contribution is -2.34. The molecule has 0 bridgehead atoms. The van der Waals surface area contributed by atoms with Crippen molar-refractivity contribution >= 4 is 22.6 Å². The van der Waals surface area contributed by atoms with Crippen LogP contribution in [0.1, 0.15) is 24.3 Å². The second-order valence-corrected chi connectivity index (χ2v) is 4.75. The number of carbonyl (C=O) groups excluding carboxylic acids is 2. The lowest BCUT2D eigenvalue weighted by molar-refractivity contribution is -0.124. The van der Waals surface area contributed by atoms with Crippen LogP contribution >= 0.6 is 0 Å². The van der Waals surface area contributed by atoms with Crippen molar-refractivity contribution in [2.24, 2.45) is 0 Å². The van der Waals surface area contributed by atoms with Gasteiger partial charge in [0.2, 0.25) is 0 Å². The van der Waals surface area contributed by atoms with Crippen molar-refractivity contribution in [3.8, 4) is 0 Å². The van der Waals surface area contributed by atoms with Crippen LogP contribution in [0.25, 0.3) is 10.8 Å². The predicted octanol–water partition coefficient (Wildman–Crippen LogP) is 0.604. The van der Waals surface area contributed by atoms with Gasteiger partial charge in [-0.05, 0) is 19.9 Å². The first kappa shape index (κ1) is 14.7. The van der Waals surface area contributed by atoms with E-state index in [9.17, 15) is 14.4 Å². The molecule has 2 N–H and O–H groups in total. The second-order valence-electron chi connectivity index (χ2n) is 4.75. The molecule has 1 heterocycles. The van der Waals surface area contributed by atoms with Crippen molar-refractivity contribution in [3.05, 3.63) is 40.3 Å². The van der Waals surface area contributed by atoms with E-state index in [2.05, 4.69) is 15.5 Å². The van der Waals surface area contributed by atoms with Gasteiger partial charge < -0.3 is 10.1 Å². The van der Waals surface area contributed by atoms with E-state index in [4.69, 9.17) is 4.74 Å². The van der Waals surface area contributed by atoms with E-state index < -0.39 is 18.5 Å². The number of ether oxygens (including phenoxy) is 1. The Hall–Kier alpha value is -2.70. The number of hydrogen-bond donors (Lipinski definition) is 2. The van der Waals surface area contributed by atoms with Gasteiger partial charge in [-0.15, -0.1) is 0 Å². The molecule has 0 radical (unpaired) electrons. The highest BCUT2D eigenvalue weighted by Crippen LogP contribution is 2.13. The summed E-state index contributed by atoms with van der Waals surface area (Å²) in [6.45, 7) is 3.21. The molecule has 0 fully saturated rings. The molecule has 0 saturated carbocycles. The fourth-order valence-electron chi connectivity index (χ4n) is 1.83. The first-order valence-electron chi connectivity index (χ1n) is 6.43. The van der Waals surface area contributed by atoms with Crippen LogP contribution in [0, 0.1) is 0 Å². The first-order valence-corrected chi connectivity index (χ1v) is 6.43. The Balaban J connectivity index is 2.19. The molecule has 2 rings (SSSR count). The van der Waals surface area contributed by atoms with Crippen LogP contribution in [0.5, 0.6) is 0 Å². The summed E-state index contributed by atoms with van der Waals surface area (Å²) < 4.78 is 4.90. The second kappa shape index (κ2) is 6.17. The standard InChI is InChI=1S/C14H15N3O4/c1-8(2)15-11(18)7-21-14(20)12-9-5-3-4-6-10(9)13(19)17-16-12/h3-6,8H,7H2,1-2H3,(H,15,18)(H,17,19). The summed E-state index contributed by atoms with van der Waals surface area (Å²) in [5.41, 5.74) is -0.415. The molecule has 2 aromatic rings. The Morgan fingerprint density at radius 3 is 2.62 bits per heavy atom. The number of nitrogens with one attached hydrogen (secondary N) is 2. The van der Waals surface area contributed by atoms with Gasteiger partial charge in [0.05, 0.1) is 5.39 Å². The Labute approximate surface area is 120 Å². The predicted molar refractivity (Wildman–Crippen MR) is 75.9 cm³/mol. The summed E-state index contributed by atoms with van der Waals surface area (Å²) >= 11 is 0. The minimum absolute atomic E-state index is 0.0254. The van der Waals surface area contributed by atoms with E-state index in [0.717, 1.165) is 0 Å². The Morgan fingerprint density at radius 1 is 1.29 bits per heavy atom. The Bertz CT molecular complexity index is 736. The summed E-state index contributed by atoms with van der Waals surface area (Å²) in [5.74, 6) is -1.16. The zero-order valence-corrected chi connectivity index (χ0v) is 11.7. The number of amides is 1. The highest BCUT2D eigenvalue weighted by molar-refractivity contribution is 6.02. The van der Waals surface area contributed by atoms with Crippen LogP contribution in [0.2, 0.25) is 0 Å². The van der Waals surface area contributed by atoms with Crippen LogP contribution in [0.15, 0.2) is 29.1 Å². The van der Waals surface area contributed by atoms with Crippen LogP contribution in [-0.2, 0) is 9.53 Å². The van der Waals surface area contributed by atoms with Crippen molar-refractivity contribution in [2.45, 2.75) is 19.9 Å². The number of H-pyrrole nitrogens is 1. The molecule has 1 aromatic carbocycles. The van der Waals surface area contributed by atoms with E-state index in [1.54, 1.807) is 38.1 Å². The number of rotatable bonds is 4. The van der Waals surface area contributed by atoms with Crippen LogP contribution in [-0.4, -0.2) is 34.7 Å². The molecular formula is C14H15N3O4. The third-order valence-corrected chi connectivity index (χ3v) is 2.67. The van der Waals surface area contributed by atoms with Crippen molar-refractivity contribution < 1.29 is 14.3 Å². The number of benzene rings is 1. The van der Waals surface area contributed by atoms with Crippen molar-refractivity contribution in [1.82, 2.24) is 15.5 Å². The smallest absolute Gasteiger partial charge is 0.359 e. The minimum Gasteiger partial charge on any atom is -0.451 e. The maximum atomic E-state index is 12.0. The number of carbonyl (C=O) groups is 2. The molecule has 21 heavy (non-hydrogen) atoms. The van der Waals surface area contributed by atoms with Gasteiger partial charge in [0, 0.05) is 11.4 Å². The first-order chi connectivity index (χ1) is 9.99. The van der Waals surface area contributed by atoms with Gasteiger partial charge in [0.25, 0.3) is 11.5 Å². The molecule has 0 aliphatic rings. The van der Waals surface area contributed by atoms with E-state index in [1.165, 1.54) is 0 Å². The van der Waals surface area contributed by atoms with Crippen molar-refractivity contribution in [2.75, 3.05) is 6.61 Å². The maximum absolute atomic E-state index is 12.0. The summed E-state index contributed by atoms with van der Waals surface area (Å²) in [6, 6.07) is 6.51. The Kier molecular flexibility index (Phi) is 4.32. The number of aromatic amines is 1. The van der Waals surface area contributed by atoms with E-state index in [1.807, 2.05) is 0 Å². The number of hydrogen-bond acceptors (Lipinski definition) is 5. The fourth-order valence-corrected chi connectivity index (χ4v) is 1.83. The summed E-state index contributed by atoms with van der Waals surface area (Å²) in [5, 5.41) is 9.26. The molecule has 1 amide bonds. The van der Waals surface area contributed by atoms with Crippen molar-refractivity contribution in [3.63, 3.8) is 0 Å². The number of nitrogens with zero attached hydrogens (tertiary/aromatic N) is 1. The van der Waals surface area contributed by atoms with Crippen molar-refractivity contribution in [1.29, 1.82) is 0 Å². The van der Waals surface area contributed by atoms with E-state index in [0.29, 0.717) is 10.8 Å². The van der Waals surface area contributed by atoms with E-state index >= 15 is 0 Å². The van der Waals surface area contributed by atoms with Gasteiger partial charge >= 0.3 is 5.97 Å². The maximum Gasteiger partial charge on any atom is 0.359 e. The fraction of sp³-hybridized carbons (Fsp3) is 0.286. The summed E-state index contributed by atoms with van der Waals surface area (Å²) in [7, 11) is 0. The van der Waals surface area contributed by atoms with Crippen LogP contribution in [0.4, 0.5) is 0 Å². The molecule has 0 aliphatic carbocycles. The number of fused-ring (bicyclic) bond motifs is 1. The highest BCUT2D eigenvalue weighted by atomic mass is 16.5. The molecule has 1 aromatic heterocycles. The molecule has 7 nitrogen and oxygen atoms in total. The molecule has 110 valence electrons. The minimum atomic E-state index is -0.763. The SMILES string of the molecule is CC(C)NC(=O)COC(=O)c1n[nH]c(=O)c2ccccc12. The lowest BCUT2D eigenvalue weighted by atomic mass is 10.1. The van der Waals surface area contributed by atoms with E-state index in [-0.39, 0.29) is 17.3 Å². The van der Waals surface area contributed by atoms with Crippen LogP contribution < -0.4 is 10.9 Å². The molecule has 0 unspecified atom stereocenters. The van der Waals surface area contributed by atoms with Crippen LogP contribution in [0.3, 0.4) is 0 Å². The van der Waals surface area contributed by atoms with Gasteiger partial charge in [0.1, 0.15) is 0 Å². The highest BCUT2D eigenvalue weighted by Gasteiger charge is 2.16. The third kappa shape index (κ3) is 3.44. The summed E-state index contributed by atoms with van der Waals surface area (Å²) in [6.07, 6.45) is 0. The van der Waals surface area contributed by atoms with Gasteiger partial charge in [-0.3, -0.25) is 9.59 Å².